The third-order valence-corrected chi connectivity index (χ3v) is 4.18. The fraction of sp³-hybridized carbons (Fsp3) is 0.263. The summed E-state index contributed by atoms with van der Waals surface area (Å²) in [5.41, 5.74) is 12.6. The fourth-order valence-corrected chi connectivity index (χ4v) is 2.56. The van der Waals surface area contributed by atoms with Crippen LogP contribution in [0.15, 0.2) is 42.6 Å². The minimum absolute atomic E-state index is 0.00452. The van der Waals surface area contributed by atoms with Gasteiger partial charge >= 0.3 is 0 Å². The minimum atomic E-state index is -1.11. The summed E-state index contributed by atoms with van der Waals surface area (Å²) in [6, 6.07) is 8.33. The fourth-order valence-electron chi connectivity index (χ4n) is 2.56. The predicted molar refractivity (Wildman–Crippen MR) is 104 cm³/mol. The molecular weight excluding hydrogens is 362 g/mol. The number of nitrogens with zero attached hydrogens (tertiary/aromatic N) is 2. The Morgan fingerprint density at radius 2 is 1.96 bits per heavy atom. The van der Waals surface area contributed by atoms with Crippen molar-refractivity contribution in [2.24, 2.45) is 0 Å². The van der Waals surface area contributed by atoms with Crippen molar-refractivity contribution < 1.29 is 19.5 Å². The normalized spacial score (nSPS) is 11.5. The first-order chi connectivity index (χ1) is 13.3. The second-order valence-electron chi connectivity index (χ2n) is 6.14. The summed E-state index contributed by atoms with van der Waals surface area (Å²) in [7, 11) is 1.40. The summed E-state index contributed by atoms with van der Waals surface area (Å²) in [6.45, 7) is -0.551. The minimum Gasteiger partial charge on any atom is -0.399 e. The van der Waals surface area contributed by atoms with Gasteiger partial charge in [-0.1, -0.05) is 6.07 Å². The number of carbonyl (C=O) groups is 3. The first kappa shape index (κ1) is 20.8. The number of likely N-dealkylation sites (N-methyl/N-ethyl adjacent to an activating group) is 1. The molecule has 148 valence electrons. The van der Waals surface area contributed by atoms with Crippen molar-refractivity contribution >= 4 is 29.0 Å². The van der Waals surface area contributed by atoms with Crippen LogP contribution in [0.1, 0.15) is 27.3 Å². The third kappa shape index (κ3) is 5.04. The highest BCUT2D eigenvalue weighted by Gasteiger charge is 2.27. The molecule has 0 saturated heterocycles. The van der Waals surface area contributed by atoms with Crippen LogP contribution in [-0.2, 0) is 4.79 Å². The number of aromatic nitrogens is 1. The number of pyridine rings is 1. The summed E-state index contributed by atoms with van der Waals surface area (Å²) >= 11 is 0. The van der Waals surface area contributed by atoms with E-state index in [2.05, 4.69) is 10.3 Å². The number of aliphatic hydroxyl groups is 1. The molecule has 1 atom stereocenters. The number of nitrogen functional groups attached to an aromatic ring is 2. The van der Waals surface area contributed by atoms with Gasteiger partial charge in [0.1, 0.15) is 11.7 Å². The average Bonchev–Trinajstić information content (AvgIpc) is 2.70. The highest BCUT2D eigenvalue weighted by atomic mass is 16.3. The van der Waals surface area contributed by atoms with E-state index in [0.29, 0.717) is 11.4 Å². The van der Waals surface area contributed by atoms with Gasteiger partial charge in [-0.05, 0) is 30.3 Å². The molecule has 1 aromatic carbocycles. The lowest BCUT2D eigenvalue weighted by molar-refractivity contribution is -0.126. The number of anilines is 2. The van der Waals surface area contributed by atoms with Crippen molar-refractivity contribution in [2.75, 3.05) is 31.7 Å². The number of nitrogens with one attached hydrogen (secondary N) is 1. The molecule has 1 aromatic heterocycles. The number of rotatable bonds is 8. The van der Waals surface area contributed by atoms with Crippen LogP contribution in [0.2, 0.25) is 0 Å². The monoisotopic (exact) mass is 385 g/mol. The highest BCUT2D eigenvalue weighted by molar-refractivity contribution is 6.02. The topological polar surface area (TPSA) is 152 Å². The number of carbonyl (C=O) groups excluding carboxylic acids is 3. The van der Waals surface area contributed by atoms with Crippen molar-refractivity contribution in [3.05, 3.63) is 53.9 Å². The van der Waals surface area contributed by atoms with Crippen LogP contribution in [0.25, 0.3) is 0 Å². The number of hydrogen-bond acceptors (Lipinski definition) is 7. The number of aliphatic hydroxyl groups excluding tert-OH is 1. The summed E-state index contributed by atoms with van der Waals surface area (Å²) in [4.78, 5) is 42.0. The van der Waals surface area contributed by atoms with Crippen LogP contribution in [0.5, 0.6) is 0 Å². The predicted octanol–water partition coefficient (Wildman–Crippen LogP) is 0.0681. The van der Waals surface area contributed by atoms with Gasteiger partial charge in [-0.2, -0.15) is 0 Å². The number of Topliss-reactive ketones (excluding diaryl/α,β-unsaturated/α-hetero) is 1. The first-order valence-corrected chi connectivity index (χ1v) is 8.60. The standard InChI is InChI=1S/C19H23N5O4/c1-24(19(28)15-4-2-3-8-22-15)16(11-25)18(27)23-9-7-17(26)13-10-12(20)5-6-14(13)21/h2-6,8,10,16,25H,7,9,11,20-21H2,1H3,(H,23,27)/t16-/m0/s1. The van der Waals surface area contributed by atoms with Crippen LogP contribution in [0.4, 0.5) is 11.4 Å². The molecule has 0 saturated carbocycles. The van der Waals surface area contributed by atoms with Gasteiger partial charge in [0.05, 0.1) is 6.61 Å². The van der Waals surface area contributed by atoms with Crippen molar-refractivity contribution in [1.82, 2.24) is 15.2 Å². The molecule has 1 heterocycles. The van der Waals surface area contributed by atoms with E-state index >= 15 is 0 Å². The summed E-state index contributed by atoms with van der Waals surface area (Å²) in [5, 5.41) is 12.1. The second-order valence-corrected chi connectivity index (χ2v) is 6.14. The highest BCUT2D eigenvalue weighted by Crippen LogP contribution is 2.17. The number of hydrogen-bond donors (Lipinski definition) is 4. The van der Waals surface area contributed by atoms with Crippen LogP contribution in [0.3, 0.4) is 0 Å². The van der Waals surface area contributed by atoms with Crippen molar-refractivity contribution in [3.8, 4) is 0 Å². The van der Waals surface area contributed by atoms with Crippen LogP contribution in [-0.4, -0.2) is 58.8 Å². The van der Waals surface area contributed by atoms with Gasteiger partial charge in [0.2, 0.25) is 5.91 Å². The molecule has 0 aliphatic heterocycles. The lowest BCUT2D eigenvalue weighted by Gasteiger charge is -2.25. The molecular formula is C19H23N5O4. The Labute approximate surface area is 162 Å². The SMILES string of the molecule is CN(C(=O)c1ccccn1)[C@@H](CO)C(=O)NCCC(=O)c1cc(N)ccc1N. The molecule has 9 nitrogen and oxygen atoms in total. The maximum Gasteiger partial charge on any atom is 0.272 e. The van der Waals surface area contributed by atoms with Gasteiger partial charge < -0.3 is 26.8 Å². The Morgan fingerprint density at radius 3 is 2.61 bits per heavy atom. The number of amides is 2. The smallest absolute Gasteiger partial charge is 0.272 e. The zero-order valence-corrected chi connectivity index (χ0v) is 15.5. The van der Waals surface area contributed by atoms with Crippen LogP contribution >= 0.6 is 0 Å². The Hall–Kier alpha value is -3.46. The molecule has 9 heteroatoms. The molecule has 0 aliphatic rings. The number of ketones is 1. The molecule has 2 amide bonds. The molecule has 6 N–H and O–H groups in total. The lowest BCUT2D eigenvalue weighted by Crippen LogP contribution is -2.50. The molecule has 0 radical (unpaired) electrons. The molecule has 0 bridgehead atoms. The van der Waals surface area contributed by atoms with Gasteiger partial charge in [0.15, 0.2) is 5.78 Å². The molecule has 2 rings (SSSR count). The first-order valence-electron chi connectivity index (χ1n) is 8.60. The van der Waals surface area contributed by atoms with E-state index in [0.717, 1.165) is 4.90 Å². The van der Waals surface area contributed by atoms with Gasteiger partial charge in [-0.15, -0.1) is 0 Å². The molecule has 28 heavy (non-hydrogen) atoms. The Kier molecular flexibility index (Phi) is 7.05. The van der Waals surface area contributed by atoms with Crippen molar-refractivity contribution in [2.45, 2.75) is 12.5 Å². The van der Waals surface area contributed by atoms with Crippen LogP contribution < -0.4 is 16.8 Å². The molecule has 0 aliphatic carbocycles. The molecule has 0 spiro atoms. The Balaban J connectivity index is 1.94. The maximum absolute atomic E-state index is 12.4. The van der Waals surface area contributed by atoms with Gasteiger partial charge in [-0.3, -0.25) is 19.4 Å². The van der Waals surface area contributed by atoms with Crippen molar-refractivity contribution in [1.29, 1.82) is 0 Å². The third-order valence-electron chi connectivity index (χ3n) is 4.18. The van der Waals surface area contributed by atoms with Crippen molar-refractivity contribution in [3.63, 3.8) is 0 Å². The van der Waals surface area contributed by atoms with E-state index in [-0.39, 0.29) is 30.0 Å². The van der Waals surface area contributed by atoms with Gasteiger partial charge in [0, 0.05) is 43.1 Å². The quantitative estimate of drug-likeness (QED) is 0.370. The second kappa shape index (κ2) is 9.47. The summed E-state index contributed by atoms with van der Waals surface area (Å²) in [6.07, 6.45) is 1.46. The van der Waals surface area contributed by atoms with E-state index in [1.54, 1.807) is 24.3 Å². The van der Waals surface area contributed by atoms with Gasteiger partial charge in [0.25, 0.3) is 5.91 Å². The van der Waals surface area contributed by atoms with Gasteiger partial charge in [-0.25, -0.2) is 0 Å². The Bertz CT molecular complexity index is 857. The van der Waals surface area contributed by atoms with Crippen LogP contribution in [0, 0.1) is 0 Å². The average molecular weight is 385 g/mol. The lowest BCUT2D eigenvalue weighted by atomic mass is 10.1. The van der Waals surface area contributed by atoms with E-state index in [1.807, 2.05) is 0 Å². The van der Waals surface area contributed by atoms with E-state index in [1.165, 1.54) is 25.4 Å². The number of benzene rings is 1. The van der Waals surface area contributed by atoms with E-state index < -0.39 is 24.5 Å². The summed E-state index contributed by atoms with van der Waals surface area (Å²) < 4.78 is 0. The zero-order chi connectivity index (χ0) is 20.7. The summed E-state index contributed by atoms with van der Waals surface area (Å²) in [5.74, 6) is -1.36. The Morgan fingerprint density at radius 1 is 1.21 bits per heavy atom. The van der Waals surface area contributed by atoms with E-state index in [9.17, 15) is 19.5 Å². The molecule has 0 fully saturated rings. The maximum atomic E-state index is 12.4. The largest absolute Gasteiger partial charge is 0.399 e. The molecule has 2 aromatic rings. The zero-order valence-electron chi connectivity index (χ0n) is 15.5. The number of nitrogens with two attached hydrogens (primary N) is 2. The molecule has 0 unspecified atom stereocenters. The van der Waals surface area contributed by atoms with E-state index in [4.69, 9.17) is 11.5 Å².